The van der Waals surface area contributed by atoms with E-state index in [0.717, 1.165) is 29.7 Å². The van der Waals surface area contributed by atoms with Gasteiger partial charge in [0.2, 0.25) is 0 Å². The molecule has 1 atom stereocenters. The van der Waals surface area contributed by atoms with Crippen LogP contribution >= 0.6 is 15.9 Å². The minimum Gasteiger partial charge on any atom is -0.316 e. The van der Waals surface area contributed by atoms with E-state index in [4.69, 9.17) is 0 Å². The highest BCUT2D eigenvalue weighted by molar-refractivity contribution is 9.10. The summed E-state index contributed by atoms with van der Waals surface area (Å²) in [6.45, 7) is 4.04. The predicted molar refractivity (Wildman–Crippen MR) is 80.1 cm³/mol. The molecular weight excluding hydrogens is 304 g/mol. The van der Waals surface area contributed by atoms with Crippen LogP contribution < -0.4 is 5.32 Å². The maximum Gasteiger partial charge on any atom is 0.0833 e. The second kappa shape index (κ2) is 6.82. The normalized spacial score (nSPS) is 12.6. The van der Waals surface area contributed by atoms with Crippen molar-refractivity contribution in [2.24, 2.45) is 7.05 Å². The maximum atomic E-state index is 4.19. The Labute approximate surface area is 122 Å². The van der Waals surface area contributed by atoms with Crippen LogP contribution in [0.3, 0.4) is 0 Å². The fourth-order valence-corrected chi connectivity index (χ4v) is 2.77. The van der Waals surface area contributed by atoms with Gasteiger partial charge in [-0.1, -0.05) is 46.3 Å². The third-order valence-electron chi connectivity index (χ3n) is 3.09. The van der Waals surface area contributed by atoms with Gasteiger partial charge in [0, 0.05) is 36.6 Å². The predicted octanol–water partition coefficient (Wildman–Crippen LogP) is 2.51. The number of aryl methyl sites for hydroxylation is 1. The van der Waals surface area contributed by atoms with Gasteiger partial charge in [-0.3, -0.25) is 4.68 Å². The highest BCUT2D eigenvalue weighted by Crippen LogP contribution is 2.26. The van der Waals surface area contributed by atoms with Crippen molar-refractivity contribution in [3.63, 3.8) is 0 Å². The van der Waals surface area contributed by atoms with E-state index in [0.29, 0.717) is 5.92 Å². The van der Waals surface area contributed by atoms with Crippen LogP contribution in [-0.4, -0.2) is 28.1 Å². The lowest BCUT2D eigenvalue weighted by atomic mass is 9.94. The number of hydrogen-bond donors (Lipinski definition) is 1. The van der Waals surface area contributed by atoms with E-state index in [1.807, 2.05) is 19.3 Å². The molecule has 0 aliphatic rings. The van der Waals surface area contributed by atoms with E-state index in [2.05, 4.69) is 56.7 Å². The molecule has 1 aromatic carbocycles. The molecule has 0 saturated carbocycles. The first-order valence-corrected chi connectivity index (χ1v) is 7.30. The smallest absolute Gasteiger partial charge is 0.0833 e. The Kier molecular flexibility index (Phi) is 5.10. The number of hydrogen-bond acceptors (Lipinski definition) is 3. The first kappa shape index (κ1) is 14.2. The van der Waals surface area contributed by atoms with Gasteiger partial charge in [0.05, 0.1) is 5.69 Å². The molecule has 1 aromatic heterocycles. The maximum absolute atomic E-state index is 4.19. The van der Waals surface area contributed by atoms with Crippen molar-refractivity contribution in [3.8, 4) is 0 Å². The summed E-state index contributed by atoms with van der Waals surface area (Å²) in [4.78, 5) is 0. The third kappa shape index (κ3) is 3.88. The number of likely N-dealkylation sites (N-methyl/N-ethyl adjacent to an activating group) is 1. The lowest BCUT2D eigenvalue weighted by Gasteiger charge is -2.18. The van der Waals surface area contributed by atoms with Crippen LogP contribution in [0.15, 0.2) is 34.9 Å². The van der Waals surface area contributed by atoms with E-state index >= 15 is 0 Å². The highest BCUT2D eigenvalue weighted by atomic mass is 79.9. The van der Waals surface area contributed by atoms with Crippen LogP contribution in [0.5, 0.6) is 0 Å². The minimum atomic E-state index is 0.396. The summed E-state index contributed by atoms with van der Waals surface area (Å²) in [5.74, 6) is 0.396. The van der Waals surface area contributed by atoms with Crippen molar-refractivity contribution in [2.75, 3.05) is 13.1 Å². The molecule has 4 nitrogen and oxygen atoms in total. The molecule has 2 rings (SSSR count). The first-order chi connectivity index (χ1) is 9.20. The summed E-state index contributed by atoms with van der Waals surface area (Å²) in [7, 11) is 1.90. The summed E-state index contributed by atoms with van der Waals surface area (Å²) in [6, 6.07) is 8.38. The molecule has 0 spiro atoms. The Balaban J connectivity index is 2.18. The molecule has 0 amide bonds. The fraction of sp³-hybridized carbons (Fsp3) is 0.429. The summed E-state index contributed by atoms with van der Waals surface area (Å²) >= 11 is 3.64. The van der Waals surface area contributed by atoms with Gasteiger partial charge in [-0.2, -0.15) is 0 Å². The van der Waals surface area contributed by atoms with E-state index in [1.54, 1.807) is 4.68 Å². The van der Waals surface area contributed by atoms with Crippen molar-refractivity contribution in [3.05, 3.63) is 46.2 Å². The SMILES string of the molecule is CCNCC(Cc1cn(C)nn1)c1ccccc1Br. The highest BCUT2D eigenvalue weighted by Gasteiger charge is 2.16. The lowest BCUT2D eigenvalue weighted by molar-refractivity contribution is 0.587. The summed E-state index contributed by atoms with van der Waals surface area (Å²) in [6.07, 6.45) is 2.87. The Morgan fingerprint density at radius 1 is 1.37 bits per heavy atom. The zero-order valence-corrected chi connectivity index (χ0v) is 12.9. The Morgan fingerprint density at radius 3 is 2.79 bits per heavy atom. The molecular formula is C14H19BrN4. The molecule has 1 unspecified atom stereocenters. The average molecular weight is 323 g/mol. The summed E-state index contributed by atoms with van der Waals surface area (Å²) in [5.41, 5.74) is 2.34. The monoisotopic (exact) mass is 322 g/mol. The van der Waals surface area contributed by atoms with Gasteiger partial charge in [-0.25, -0.2) is 0 Å². The zero-order chi connectivity index (χ0) is 13.7. The fourth-order valence-electron chi connectivity index (χ4n) is 2.16. The zero-order valence-electron chi connectivity index (χ0n) is 11.3. The van der Waals surface area contributed by atoms with Gasteiger partial charge in [0.25, 0.3) is 0 Å². The van der Waals surface area contributed by atoms with E-state index < -0.39 is 0 Å². The molecule has 1 N–H and O–H groups in total. The Morgan fingerprint density at radius 2 is 2.16 bits per heavy atom. The number of nitrogens with one attached hydrogen (secondary N) is 1. The molecule has 5 heteroatoms. The van der Waals surface area contributed by atoms with Crippen LogP contribution in [0.2, 0.25) is 0 Å². The quantitative estimate of drug-likeness (QED) is 0.888. The second-order valence-electron chi connectivity index (χ2n) is 4.61. The standard InChI is InChI=1S/C14H19BrN4/c1-3-16-9-11(8-12-10-19(2)18-17-12)13-6-4-5-7-14(13)15/h4-7,10-11,16H,3,8-9H2,1-2H3. The van der Waals surface area contributed by atoms with Crippen molar-refractivity contribution in [1.29, 1.82) is 0 Å². The van der Waals surface area contributed by atoms with Gasteiger partial charge in [-0.05, 0) is 18.2 Å². The molecule has 0 radical (unpaired) electrons. The molecule has 0 fully saturated rings. The number of rotatable bonds is 6. The van der Waals surface area contributed by atoms with Gasteiger partial charge < -0.3 is 5.32 Å². The second-order valence-corrected chi connectivity index (χ2v) is 5.47. The molecule has 102 valence electrons. The van der Waals surface area contributed by atoms with Crippen LogP contribution in [0.1, 0.15) is 24.1 Å². The Bertz CT molecular complexity index is 524. The molecule has 2 aromatic rings. The molecule has 0 saturated heterocycles. The third-order valence-corrected chi connectivity index (χ3v) is 3.81. The van der Waals surface area contributed by atoms with Crippen LogP contribution in [0.25, 0.3) is 0 Å². The number of halogens is 1. The number of benzene rings is 1. The minimum absolute atomic E-state index is 0.396. The topological polar surface area (TPSA) is 42.7 Å². The van der Waals surface area contributed by atoms with E-state index in [9.17, 15) is 0 Å². The largest absolute Gasteiger partial charge is 0.316 e. The molecule has 0 bridgehead atoms. The van der Waals surface area contributed by atoms with Crippen molar-refractivity contribution in [2.45, 2.75) is 19.3 Å². The number of nitrogens with zero attached hydrogens (tertiary/aromatic N) is 3. The van der Waals surface area contributed by atoms with Crippen LogP contribution in [0.4, 0.5) is 0 Å². The van der Waals surface area contributed by atoms with Crippen molar-refractivity contribution in [1.82, 2.24) is 20.3 Å². The van der Waals surface area contributed by atoms with Crippen LogP contribution in [0, 0.1) is 0 Å². The summed E-state index contributed by atoms with van der Waals surface area (Å²) in [5, 5.41) is 11.6. The average Bonchev–Trinajstić information content (AvgIpc) is 2.81. The van der Waals surface area contributed by atoms with Gasteiger partial charge in [-0.15, -0.1) is 5.10 Å². The van der Waals surface area contributed by atoms with Crippen molar-refractivity contribution < 1.29 is 0 Å². The van der Waals surface area contributed by atoms with Crippen LogP contribution in [-0.2, 0) is 13.5 Å². The lowest BCUT2D eigenvalue weighted by Crippen LogP contribution is -2.23. The summed E-state index contributed by atoms with van der Waals surface area (Å²) < 4.78 is 2.90. The molecule has 19 heavy (non-hydrogen) atoms. The van der Waals surface area contributed by atoms with Gasteiger partial charge in [0.1, 0.15) is 0 Å². The molecule has 0 aliphatic heterocycles. The van der Waals surface area contributed by atoms with E-state index in [1.165, 1.54) is 5.56 Å². The molecule has 1 heterocycles. The molecule has 0 aliphatic carbocycles. The van der Waals surface area contributed by atoms with Crippen molar-refractivity contribution >= 4 is 15.9 Å². The Hall–Kier alpha value is -1.20. The van der Waals surface area contributed by atoms with Gasteiger partial charge in [0.15, 0.2) is 0 Å². The van der Waals surface area contributed by atoms with Gasteiger partial charge >= 0.3 is 0 Å². The van der Waals surface area contributed by atoms with E-state index in [-0.39, 0.29) is 0 Å². The number of aromatic nitrogens is 3. The first-order valence-electron chi connectivity index (χ1n) is 6.51.